The zero-order valence-electron chi connectivity index (χ0n) is 13.7. The second-order valence-corrected chi connectivity index (χ2v) is 7.72. The monoisotopic (exact) mass is 343 g/mol. The molecule has 0 radical (unpaired) electrons. The summed E-state index contributed by atoms with van der Waals surface area (Å²) in [5.41, 5.74) is 1.75. The van der Waals surface area contributed by atoms with E-state index in [9.17, 15) is 8.42 Å². The second-order valence-electron chi connectivity index (χ2n) is 6.15. The van der Waals surface area contributed by atoms with Gasteiger partial charge in [0.15, 0.2) is 0 Å². The van der Waals surface area contributed by atoms with Gasteiger partial charge in [-0.1, -0.05) is 56.3 Å². The third kappa shape index (κ3) is 3.49. The van der Waals surface area contributed by atoms with Crippen molar-refractivity contribution in [2.45, 2.75) is 24.8 Å². The van der Waals surface area contributed by atoms with Gasteiger partial charge in [0.25, 0.3) is 10.0 Å². The molecule has 1 heterocycles. The molecule has 126 valence electrons. The van der Waals surface area contributed by atoms with Crippen molar-refractivity contribution in [3.8, 4) is 0 Å². The van der Waals surface area contributed by atoms with E-state index in [0.717, 1.165) is 0 Å². The van der Waals surface area contributed by atoms with Crippen molar-refractivity contribution in [1.82, 2.24) is 5.32 Å². The zero-order valence-corrected chi connectivity index (χ0v) is 14.5. The minimum Gasteiger partial charge on any atom is -0.341 e. The first-order valence-electron chi connectivity index (χ1n) is 7.95. The summed E-state index contributed by atoms with van der Waals surface area (Å²) in [6, 6.07) is 17.1. The number of anilines is 1. The molecular weight excluding hydrogens is 322 g/mol. The van der Waals surface area contributed by atoms with Crippen LogP contribution in [0.4, 0.5) is 5.69 Å². The maximum absolute atomic E-state index is 12.3. The molecule has 3 rings (SSSR count). The molecule has 5 nitrogen and oxygen atoms in total. The van der Waals surface area contributed by atoms with Crippen molar-refractivity contribution in [2.24, 2.45) is 10.3 Å². The first-order valence-corrected chi connectivity index (χ1v) is 9.39. The highest BCUT2D eigenvalue weighted by atomic mass is 32.2. The van der Waals surface area contributed by atoms with Gasteiger partial charge >= 0.3 is 0 Å². The highest BCUT2D eigenvalue weighted by Crippen LogP contribution is 2.27. The molecule has 0 aromatic heterocycles. The highest BCUT2D eigenvalue weighted by molar-refractivity contribution is 7.90. The van der Waals surface area contributed by atoms with Gasteiger partial charge < -0.3 is 10.6 Å². The van der Waals surface area contributed by atoms with Crippen molar-refractivity contribution in [2.75, 3.05) is 11.9 Å². The number of fused-ring (bicyclic) bond motifs is 1. The number of sulfonamides is 1. The summed E-state index contributed by atoms with van der Waals surface area (Å²) >= 11 is 0. The van der Waals surface area contributed by atoms with Crippen LogP contribution < -0.4 is 10.6 Å². The van der Waals surface area contributed by atoms with E-state index < -0.39 is 10.0 Å². The van der Waals surface area contributed by atoms with E-state index in [2.05, 4.69) is 41.0 Å². The van der Waals surface area contributed by atoms with Crippen molar-refractivity contribution in [3.63, 3.8) is 0 Å². The van der Waals surface area contributed by atoms with Crippen LogP contribution in [0.1, 0.15) is 25.5 Å². The summed E-state index contributed by atoms with van der Waals surface area (Å²) in [5.74, 6) is 0.774. The maximum atomic E-state index is 12.3. The number of benzene rings is 2. The fourth-order valence-electron chi connectivity index (χ4n) is 2.85. The molecule has 0 bridgehead atoms. The van der Waals surface area contributed by atoms with Crippen LogP contribution in [0.25, 0.3) is 0 Å². The first-order chi connectivity index (χ1) is 11.5. The van der Waals surface area contributed by atoms with Crippen LogP contribution in [0.15, 0.2) is 63.9 Å². The lowest BCUT2D eigenvalue weighted by molar-refractivity contribution is 0.433. The Hall–Kier alpha value is -2.18. The van der Waals surface area contributed by atoms with Crippen LogP contribution >= 0.6 is 0 Å². The summed E-state index contributed by atoms with van der Waals surface area (Å²) in [5, 5.41) is 6.52. The maximum Gasteiger partial charge on any atom is 0.286 e. The number of para-hydroxylation sites is 1. The molecule has 0 aliphatic carbocycles. The van der Waals surface area contributed by atoms with Gasteiger partial charge in [0, 0.05) is 6.04 Å². The Balaban J connectivity index is 1.78. The van der Waals surface area contributed by atoms with Crippen molar-refractivity contribution >= 4 is 21.5 Å². The summed E-state index contributed by atoms with van der Waals surface area (Å²) in [7, 11) is -3.64. The molecule has 0 saturated heterocycles. The molecule has 0 unspecified atom stereocenters. The van der Waals surface area contributed by atoms with Crippen LogP contribution in [0.3, 0.4) is 0 Å². The predicted molar refractivity (Wildman–Crippen MR) is 96.7 cm³/mol. The van der Waals surface area contributed by atoms with Gasteiger partial charge in [-0.25, -0.2) is 0 Å². The van der Waals surface area contributed by atoms with Gasteiger partial charge in [-0.15, -0.1) is 4.40 Å². The number of amidine groups is 1. The second kappa shape index (κ2) is 6.75. The third-order valence-electron chi connectivity index (χ3n) is 3.99. The third-order valence-corrected chi connectivity index (χ3v) is 5.36. The van der Waals surface area contributed by atoms with Gasteiger partial charge in [0.05, 0.1) is 12.2 Å². The highest BCUT2D eigenvalue weighted by Gasteiger charge is 2.25. The minimum absolute atomic E-state index is 0.121. The lowest BCUT2D eigenvalue weighted by Crippen LogP contribution is -2.35. The predicted octanol–water partition coefficient (Wildman–Crippen LogP) is 3.19. The van der Waals surface area contributed by atoms with Gasteiger partial charge in [0.1, 0.15) is 10.7 Å². The van der Waals surface area contributed by atoms with E-state index >= 15 is 0 Å². The first kappa shape index (κ1) is 16.7. The molecule has 0 spiro atoms. The number of nitrogens with one attached hydrogen (secondary N) is 2. The quantitative estimate of drug-likeness (QED) is 0.875. The molecule has 1 atom stereocenters. The molecule has 2 aromatic carbocycles. The Labute approximate surface area is 142 Å². The van der Waals surface area contributed by atoms with Gasteiger partial charge in [-0.3, -0.25) is 0 Å². The molecule has 1 aliphatic heterocycles. The molecule has 2 N–H and O–H groups in total. The SMILES string of the molecule is CC(C)[C@H](NCC1=NS(=O)(=O)c2ccccc2N1)c1ccccc1. The number of rotatable bonds is 5. The van der Waals surface area contributed by atoms with Gasteiger partial charge in [-0.05, 0) is 23.6 Å². The minimum atomic E-state index is -3.64. The summed E-state index contributed by atoms with van der Waals surface area (Å²) < 4.78 is 28.4. The van der Waals surface area contributed by atoms with E-state index in [1.807, 2.05) is 18.2 Å². The average molecular weight is 343 g/mol. The molecule has 24 heavy (non-hydrogen) atoms. The molecule has 2 aromatic rings. The lowest BCUT2D eigenvalue weighted by Gasteiger charge is -2.25. The Morgan fingerprint density at radius 3 is 2.42 bits per heavy atom. The van der Waals surface area contributed by atoms with Gasteiger partial charge in [0.2, 0.25) is 0 Å². The Morgan fingerprint density at radius 1 is 1.04 bits per heavy atom. The topological polar surface area (TPSA) is 70.6 Å². The smallest absolute Gasteiger partial charge is 0.286 e. The van der Waals surface area contributed by atoms with Crippen LogP contribution in [0.2, 0.25) is 0 Å². The van der Waals surface area contributed by atoms with E-state index in [1.165, 1.54) is 5.56 Å². The average Bonchev–Trinajstić information content (AvgIpc) is 2.55. The molecule has 0 amide bonds. The van der Waals surface area contributed by atoms with E-state index in [0.29, 0.717) is 24.0 Å². The number of nitrogens with zero attached hydrogens (tertiary/aromatic N) is 1. The fourth-order valence-corrected chi connectivity index (χ4v) is 4.00. The molecule has 0 fully saturated rings. The molecule has 0 saturated carbocycles. The van der Waals surface area contributed by atoms with Crippen LogP contribution in [-0.4, -0.2) is 20.8 Å². The zero-order chi connectivity index (χ0) is 17.2. The Kier molecular flexibility index (Phi) is 4.69. The van der Waals surface area contributed by atoms with Crippen LogP contribution in [-0.2, 0) is 10.0 Å². The Morgan fingerprint density at radius 2 is 1.71 bits per heavy atom. The molecule has 1 aliphatic rings. The summed E-state index contributed by atoms with van der Waals surface area (Å²) in [6.45, 7) is 4.62. The van der Waals surface area contributed by atoms with Crippen LogP contribution in [0.5, 0.6) is 0 Å². The summed E-state index contributed by atoms with van der Waals surface area (Å²) in [6.07, 6.45) is 0. The lowest BCUT2D eigenvalue weighted by atomic mass is 9.96. The number of hydrogen-bond acceptors (Lipinski definition) is 4. The van der Waals surface area contributed by atoms with E-state index in [-0.39, 0.29) is 10.9 Å². The van der Waals surface area contributed by atoms with Crippen molar-refractivity contribution in [3.05, 3.63) is 60.2 Å². The summed E-state index contributed by atoms with van der Waals surface area (Å²) in [4.78, 5) is 0.220. The molecule has 6 heteroatoms. The number of hydrogen-bond donors (Lipinski definition) is 2. The van der Waals surface area contributed by atoms with Crippen molar-refractivity contribution in [1.29, 1.82) is 0 Å². The van der Waals surface area contributed by atoms with Crippen molar-refractivity contribution < 1.29 is 8.42 Å². The largest absolute Gasteiger partial charge is 0.341 e. The standard InChI is InChI=1S/C18H21N3O2S/c1-13(2)18(14-8-4-3-5-9-14)19-12-17-20-15-10-6-7-11-16(15)24(22,23)21-17/h3-11,13,18-19H,12H2,1-2H3,(H,20,21)/t18-/m0/s1. The normalized spacial score (nSPS) is 16.9. The van der Waals surface area contributed by atoms with Crippen LogP contribution in [0, 0.1) is 5.92 Å². The fraction of sp³-hybridized carbons (Fsp3) is 0.278. The Bertz CT molecular complexity index is 846. The van der Waals surface area contributed by atoms with E-state index in [4.69, 9.17) is 0 Å². The molecular formula is C18H21N3O2S. The van der Waals surface area contributed by atoms with E-state index in [1.54, 1.807) is 24.3 Å². The van der Waals surface area contributed by atoms with Gasteiger partial charge in [-0.2, -0.15) is 8.42 Å².